The van der Waals surface area contributed by atoms with Crippen LogP contribution >= 0.6 is 15.9 Å². The van der Waals surface area contributed by atoms with Gasteiger partial charge in [0.2, 0.25) is 11.1 Å². The Bertz CT molecular complexity index is 92.1. The fraction of sp³-hybridized carbons (Fsp3) is 1.00. The average Bonchev–Trinajstić information content (AvgIpc) is 1.67. The van der Waals surface area contributed by atoms with E-state index in [1.807, 2.05) is 5.32 Å². The molecule has 0 aliphatic rings. The van der Waals surface area contributed by atoms with E-state index in [2.05, 4.69) is 15.9 Å². The Balaban J connectivity index is 3.32. The lowest BCUT2D eigenvalue weighted by Crippen LogP contribution is -2.26. The van der Waals surface area contributed by atoms with Crippen LogP contribution in [0.15, 0.2) is 0 Å². The molecule has 0 aliphatic heterocycles. The summed E-state index contributed by atoms with van der Waals surface area (Å²) in [7, 11) is 0. The molecule has 8 heavy (non-hydrogen) atoms. The molecule has 0 amide bonds. The highest BCUT2D eigenvalue weighted by molar-refractivity contribution is 9.09. The Hall–Kier alpha value is 0.480. The lowest BCUT2D eigenvalue weighted by molar-refractivity contribution is 0.368. The molecule has 0 aromatic carbocycles. The van der Waals surface area contributed by atoms with E-state index in [1.54, 1.807) is 0 Å². The molecule has 0 rings (SSSR count). The lowest BCUT2D eigenvalue weighted by atomic mass is 11.2. The Morgan fingerprint density at radius 2 is 2.50 bits per heavy atom. The molecule has 0 radical (unpaired) electrons. The minimum atomic E-state index is -2.42. The van der Waals surface area contributed by atoms with Crippen molar-refractivity contribution in [3.63, 3.8) is 0 Å². The molecule has 0 fully saturated rings. The zero-order valence-corrected chi connectivity index (χ0v) is 6.21. The normalized spacial score (nSPS) is 17.9. The van der Waals surface area contributed by atoms with Gasteiger partial charge in [-0.1, -0.05) is 15.9 Å². The summed E-state index contributed by atoms with van der Waals surface area (Å²) in [5.41, 5.74) is -1.69. The van der Waals surface area contributed by atoms with Crippen molar-refractivity contribution in [3.8, 4) is 0 Å². The molecule has 0 aromatic rings. The van der Waals surface area contributed by atoms with E-state index in [0.717, 1.165) is 0 Å². The Labute approximate surface area is 57.1 Å². The van der Waals surface area contributed by atoms with Crippen LogP contribution in [-0.4, -0.2) is 19.8 Å². The van der Waals surface area contributed by atoms with Gasteiger partial charge in [-0.15, -0.1) is 0 Å². The molecule has 6 heteroatoms. The highest BCUT2D eigenvalue weighted by atomic mass is 79.9. The monoisotopic (exact) mass is 205 g/mol. The van der Waals surface area contributed by atoms with Crippen LogP contribution in [-0.2, 0) is 11.1 Å². The van der Waals surface area contributed by atoms with E-state index < -0.39 is 16.7 Å². The van der Waals surface area contributed by atoms with Gasteiger partial charge in [0.15, 0.2) is 0 Å². The van der Waals surface area contributed by atoms with E-state index in [1.165, 1.54) is 0 Å². The first kappa shape index (κ1) is 8.48. The molecule has 0 spiro atoms. The summed E-state index contributed by atoms with van der Waals surface area (Å²) >= 11 is 0.404. The number of hydrogen-bond acceptors (Lipinski definition) is 2. The van der Waals surface area contributed by atoms with E-state index in [-0.39, 0.29) is 5.45 Å². The van der Waals surface area contributed by atoms with Crippen LogP contribution in [0.3, 0.4) is 0 Å². The summed E-state index contributed by atoms with van der Waals surface area (Å²) in [4.78, 5) is 0. The van der Waals surface area contributed by atoms with Crippen molar-refractivity contribution in [2.45, 2.75) is 5.63 Å². The van der Waals surface area contributed by atoms with Crippen LogP contribution in [0, 0.1) is 0 Å². The Morgan fingerprint density at radius 1 is 2.00 bits per heavy atom. The van der Waals surface area contributed by atoms with Crippen LogP contribution in [0.25, 0.3) is 0 Å². The predicted molar refractivity (Wildman–Crippen MR) is 32.6 cm³/mol. The van der Waals surface area contributed by atoms with Crippen molar-refractivity contribution in [3.05, 3.63) is 0 Å². The van der Waals surface area contributed by atoms with E-state index in [0.29, 0.717) is 0 Å². The Morgan fingerprint density at radius 3 is 2.62 bits per heavy atom. The summed E-state index contributed by atoms with van der Waals surface area (Å²) in [6, 6.07) is 0. The van der Waals surface area contributed by atoms with Crippen molar-refractivity contribution < 1.29 is 13.2 Å². The fourth-order valence-electron chi connectivity index (χ4n) is 0.132. The fourth-order valence-corrected chi connectivity index (χ4v) is 0.856. The van der Waals surface area contributed by atoms with E-state index in [4.69, 9.17) is 4.55 Å². The maximum atomic E-state index is 11.8. The van der Waals surface area contributed by atoms with Gasteiger partial charge in [-0.3, -0.25) is 5.32 Å². The van der Waals surface area contributed by atoms with Crippen molar-refractivity contribution in [1.82, 2.24) is 5.32 Å². The molecule has 0 saturated heterocycles. The van der Waals surface area contributed by atoms with E-state index >= 15 is 0 Å². The third-order valence-corrected chi connectivity index (χ3v) is 1.26. The van der Waals surface area contributed by atoms with Gasteiger partial charge >= 0.3 is 0 Å². The molecular weight excluding hydrogens is 201 g/mol. The second-order valence-electron chi connectivity index (χ2n) is 0.930. The quantitative estimate of drug-likeness (QED) is 0.399. The maximum Gasteiger partial charge on any atom is 0.252 e. The second-order valence-corrected chi connectivity index (χ2v) is 2.46. The van der Waals surface area contributed by atoms with Gasteiger partial charge in [-0.05, 0) is 0 Å². The average molecular weight is 206 g/mol. The minimum absolute atomic E-state index is 0.167. The first-order valence-corrected chi connectivity index (χ1v) is 4.00. The van der Waals surface area contributed by atoms with Crippen molar-refractivity contribution in [2.75, 3.05) is 5.45 Å². The third kappa shape index (κ3) is 3.48. The maximum absolute atomic E-state index is 11.8. The molecule has 0 aliphatic carbocycles. The van der Waals surface area contributed by atoms with Gasteiger partial charge < -0.3 is 4.55 Å². The smallest absolute Gasteiger partial charge is 0.252 e. The van der Waals surface area contributed by atoms with Crippen LogP contribution in [0.5, 0.6) is 0 Å². The van der Waals surface area contributed by atoms with Gasteiger partial charge in [-0.25, -0.2) is 8.60 Å². The zero-order chi connectivity index (χ0) is 6.57. The number of hydrogen-bond donors (Lipinski definition) is 2. The first-order chi connectivity index (χ1) is 3.68. The number of rotatable bonds is 3. The minimum Gasteiger partial charge on any atom is -0.303 e. The molecule has 0 aromatic heterocycles. The van der Waals surface area contributed by atoms with Crippen molar-refractivity contribution in [2.24, 2.45) is 0 Å². The number of halogens is 2. The number of alkyl halides is 2. The van der Waals surface area contributed by atoms with Crippen molar-refractivity contribution >= 4 is 27.0 Å². The third-order valence-electron chi connectivity index (χ3n) is 0.415. The highest BCUT2D eigenvalue weighted by Crippen LogP contribution is 1.89. The largest absolute Gasteiger partial charge is 0.303 e. The summed E-state index contributed by atoms with van der Waals surface area (Å²) in [5, 5.41) is 2.04. The number of nitrogens with one attached hydrogen (secondary N) is 1. The molecule has 2 unspecified atom stereocenters. The first-order valence-electron chi connectivity index (χ1n) is 1.71. The van der Waals surface area contributed by atoms with Crippen molar-refractivity contribution in [1.29, 1.82) is 0 Å². The van der Waals surface area contributed by atoms with Crippen LogP contribution in [0.1, 0.15) is 0 Å². The molecule has 2 N–H and O–H groups in total. The SMILES string of the molecule is O=S(O)C(F)NCBr. The summed E-state index contributed by atoms with van der Waals surface area (Å²) in [6.07, 6.45) is 0. The van der Waals surface area contributed by atoms with Gasteiger partial charge in [0.25, 0.3) is 5.63 Å². The standard InChI is InChI=1S/C2H5BrFNO2S/c3-1-5-2(4)8(6)7/h2,5H,1H2,(H,6,7). The molecule has 3 nitrogen and oxygen atoms in total. The van der Waals surface area contributed by atoms with Crippen LogP contribution in [0.2, 0.25) is 0 Å². The van der Waals surface area contributed by atoms with Gasteiger partial charge in [0, 0.05) is 0 Å². The van der Waals surface area contributed by atoms with Crippen LogP contribution < -0.4 is 5.32 Å². The van der Waals surface area contributed by atoms with Gasteiger partial charge in [0.05, 0.1) is 5.45 Å². The van der Waals surface area contributed by atoms with Gasteiger partial charge in [0.1, 0.15) is 0 Å². The van der Waals surface area contributed by atoms with Crippen LogP contribution in [0.4, 0.5) is 4.39 Å². The molecular formula is C2H5BrFNO2S. The molecule has 0 heterocycles. The topological polar surface area (TPSA) is 49.3 Å². The molecule has 0 saturated carbocycles. The summed E-state index contributed by atoms with van der Waals surface area (Å²) in [6.45, 7) is 0. The molecule has 0 bridgehead atoms. The van der Waals surface area contributed by atoms with E-state index in [9.17, 15) is 8.60 Å². The summed E-state index contributed by atoms with van der Waals surface area (Å²) < 4.78 is 29.5. The van der Waals surface area contributed by atoms with Gasteiger partial charge in [-0.2, -0.15) is 0 Å². The molecule has 2 atom stereocenters. The highest BCUT2D eigenvalue weighted by Gasteiger charge is 2.08. The lowest BCUT2D eigenvalue weighted by Gasteiger charge is -1.99. The second kappa shape index (κ2) is 4.37. The summed E-state index contributed by atoms with van der Waals surface area (Å²) in [5.74, 6) is 0. The molecule has 50 valence electrons. The predicted octanol–water partition coefficient (Wildman–Crippen LogP) is 0.403. The Kier molecular flexibility index (Phi) is 4.63. The zero-order valence-electron chi connectivity index (χ0n) is 3.80.